The van der Waals surface area contributed by atoms with E-state index in [9.17, 15) is 33.1 Å². The van der Waals surface area contributed by atoms with Crippen LogP contribution in [-0.4, -0.2) is 53.3 Å². The van der Waals surface area contributed by atoms with Crippen LogP contribution in [0.3, 0.4) is 0 Å². The van der Waals surface area contributed by atoms with Crippen molar-refractivity contribution in [3.8, 4) is 5.75 Å². The Morgan fingerprint density at radius 1 is 0.844 bits per heavy atom. The first-order valence-electron chi connectivity index (χ1n) is 15.1. The Morgan fingerprint density at radius 3 is 1.84 bits per heavy atom. The van der Waals surface area contributed by atoms with Gasteiger partial charge >= 0.3 is 0 Å². The third-order valence-electron chi connectivity index (χ3n) is 8.61. The van der Waals surface area contributed by atoms with E-state index in [0.717, 1.165) is 37.8 Å². The number of phenolic OH excluding ortho intramolecular Hbond substituents is 1. The van der Waals surface area contributed by atoms with Crippen LogP contribution in [-0.2, 0) is 32.0 Å². The lowest BCUT2D eigenvalue weighted by Crippen LogP contribution is -2.71. The number of nitrogens with zero attached hydrogens (tertiary/aromatic N) is 2. The van der Waals surface area contributed by atoms with Gasteiger partial charge in [0.25, 0.3) is 11.8 Å². The molecule has 2 aliphatic carbocycles. The van der Waals surface area contributed by atoms with E-state index in [-0.39, 0.29) is 42.7 Å². The molecular weight excluding hydrogens is 582 g/mol. The molecule has 1 aliphatic heterocycles. The second-order valence-corrected chi connectivity index (χ2v) is 12.3. The number of nitrogens with two attached hydrogens (primary N) is 1. The van der Waals surface area contributed by atoms with Gasteiger partial charge in [0.15, 0.2) is 5.78 Å². The first-order valence-corrected chi connectivity index (χ1v) is 15.1. The van der Waals surface area contributed by atoms with Gasteiger partial charge in [-0.2, -0.15) is 0 Å². The van der Waals surface area contributed by atoms with Crippen LogP contribution in [0.15, 0.2) is 66.7 Å². The lowest BCUT2D eigenvalue weighted by atomic mass is 9.84. The minimum atomic E-state index is -2.68. The zero-order chi connectivity index (χ0) is 31.9. The molecular formula is C34H34F2N4O5. The number of fused-ring (bicyclic) bond motifs is 1. The molecule has 9 nitrogen and oxygen atoms in total. The number of halogens is 2. The maximum atomic E-state index is 14.6. The zero-order valence-electron chi connectivity index (χ0n) is 24.5. The van der Waals surface area contributed by atoms with Gasteiger partial charge < -0.3 is 26.0 Å². The van der Waals surface area contributed by atoms with E-state index in [4.69, 9.17) is 5.73 Å². The van der Waals surface area contributed by atoms with Crippen LogP contribution < -0.4 is 20.9 Å². The van der Waals surface area contributed by atoms with Crippen molar-refractivity contribution in [2.75, 3.05) is 22.9 Å². The predicted octanol–water partition coefficient (Wildman–Crippen LogP) is 3.41. The summed E-state index contributed by atoms with van der Waals surface area (Å²) in [6, 6.07) is 14.1. The molecule has 45 heavy (non-hydrogen) atoms. The average Bonchev–Trinajstić information content (AvgIpc) is 3.94. The van der Waals surface area contributed by atoms with E-state index in [1.807, 2.05) is 0 Å². The average molecular weight is 617 g/mol. The minimum Gasteiger partial charge on any atom is -0.508 e. The Labute approximate surface area is 259 Å². The summed E-state index contributed by atoms with van der Waals surface area (Å²) in [7, 11) is 0. The highest BCUT2D eigenvalue weighted by Crippen LogP contribution is 2.41. The lowest BCUT2D eigenvalue weighted by molar-refractivity contribution is -0.144. The summed E-state index contributed by atoms with van der Waals surface area (Å²) in [5, 5.41) is 12.4. The number of rotatable bonds is 11. The van der Waals surface area contributed by atoms with E-state index in [1.54, 1.807) is 24.3 Å². The predicted molar refractivity (Wildman–Crippen MR) is 162 cm³/mol. The number of phenols is 1. The number of amides is 3. The summed E-state index contributed by atoms with van der Waals surface area (Å²) in [4.78, 5) is 59.6. The van der Waals surface area contributed by atoms with Gasteiger partial charge in [-0.1, -0.05) is 24.3 Å². The number of hydrogen-bond acceptors (Lipinski definition) is 6. The van der Waals surface area contributed by atoms with Crippen molar-refractivity contribution in [3.63, 3.8) is 0 Å². The number of hydrogen-bond donors (Lipinski definition) is 3. The molecule has 0 radical (unpaired) electrons. The van der Waals surface area contributed by atoms with Crippen molar-refractivity contribution in [1.82, 2.24) is 5.32 Å². The molecule has 11 heteroatoms. The number of Topliss-reactive ketones (excluding diaryl/α,β-unsaturated/α-hetero) is 1. The number of benzene rings is 3. The number of anilines is 2. The molecule has 2 saturated carbocycles. The van der Waals surface area contributed by atoms with Crippen molar-refractivity contribution in [2.24, 2.45) is 17.6 Å². The van der Waals surface area contributed by atoms with Crippen molar-refractivity contribution in [3.05, 3.63) is 89.5 Å². The quantitative estimate of drug-likeness (QED) is 0.283. The SMILES string of the molecule is NC1(C(=O)[C@H](Cc2ccc(O)cc2)NC(=O)Cc2cc(F)cc(F)c2)C(=O)N(CC2CC2)c2ccccc2N(CC2CC2)C1=O. The Kier molecular flexibility index (Phi) is 8.13. The third-order valence-corrected chi connectivity index (χ3v) is 8.61. The second-order valence-electron chi connectivity index (χ2n) is 12.3. The normalized spacial score (nSPS) is 18.3. The van der Waals surface area contributed by atoms with Gasteiger partial charge in [-0.25, -0.2) is 8.78 Å². The second kappa shape index (κ2) is 12.0. The summed E-state index contributed by atoms with van der Waals surface area (Å²) in [5.41, 5.74) is 5.62. The zero-order valence-corrected chi connectivity index (χ0v) is 24.5. The molecule has 0 unspecified atom stereocenters. The first-order chi connectivity index (χ1) is 21.5. The van der Waals surface area contributed by atoms with Gasteiger partial charge in [0.1, 0.15) is 17.4 Å². The highest BCUT2D eigenvalue weighted by atomic mass is 19.1. The topological polar surface area (TPSA) is 133 Å². The summed E-state index contributed by atoms with van der Waals surface area (Å²) >= 11 is 0. The molecule has 0 spiro atoms. The van der Waals surface area contributed by atoms with Gasteiger partial charge in [-0.15, -0.1) is 0 Å². The lowest BCUT2D eigenvalue weighted by Gasteiger charge is -2.33. The van der Waals surface area contributed by atoms with Crippen molar-refractivity contribution in [2.45, 2.75) is 50.1 Å². The minimum absolute atomic E-state index is 0.0209. The number of carbonyl (C=O) groups is 4. The van der Waals surface area contributed by atoms with Gasteiger partial charge in [-0.3, -0.25) is 19.2 Å². The van der Waals surface area contributed by atoms with E-state index in [0.29, 0.717) is 23.0 Å². The maximum Gasteiger partial charge on any atom is 0.264 e. The first kappa shape index (κ1) is 30.4. The molecule has 234 valence electrons. The van der Waals surface area contributed by atoms with E-state index >= 15 is 0 Å². The van der Waals surface area contributed by atoms with Crippen LogP contribution >= 0.6 is 0 Å². The van der Waals surface area contributed by atoms with Crippen LogP contribution in [0.25, 0.3) is 0 Å². The number of ketones is 1. The summed E-state index contributed by atoms with van der Waals surface area (Å²) < 4.78 is 27.7. The van der Waals surface area contributed by atoms with Crippen LogP contribution in [0.1, 0.15) is 36.8 Å². The Morgan fingerprint density at radius 2 is 1.36 bits per heavy atom. The molecule has 0 saturated heterocycles. The fourth-order valence-electron chi connectivity index (χ4n) is 5.84. The van der Waals surface area contributed by atoms with Crippen molar-refractivity contribution >= 4 is 34.9 Å². The summed E-state index contributed by atoms with van der Waals surface area (Å²) in [6.07, 6.45) is 2.96. The summed E-state index contributed by atoms with van der Waals surface area (Å²) in [5.74, 6) is -4.85. The van der Waals surface area contributed by atoms with Crippen LogP contribution in [0, 0.1) is 23.5 Å². The van der Waals surface area contributed by atoms with Crippen molar-refractivity contribution < 1.29 is 33.1 Å². The van der Waals surface area contributed by atoms with E-state index < -0.39 is 53.1 Å². The number of aromatic hydroxyl groups is 1. The molecule has 6 rings (SSSR count). The number of para-hydroxylation sites is 2. The highest BCUT2D eigenvalue weighted by Gasteiger charge is 2.58. The molecule has 3 aromatic rings. The van der Waals surface area contributed by atoms with Crippen LogP contribution in [0.2, 0.25) is 0 Å². The highest BCUT2D eigenvalue weighted by molar-refractivity contribution is 6.37. The van der Waals surface area contributed by atoms with Gasteiger partial charge in [0, 0.05) is 19.2 Å². The Hall–Kier alpha value is -4.64. The molecule has 3 amide bonds. The molecule has 0 bridgehead atoms. The molecule has 3 aromatic carbocycles. The number of carbonyl (C=O) groups excluding carboxylic acids is 4. The van der Waals surface area contributed by atoms with E-state index in [1.165, 1.54) is 34.1 Å². The Bertz CT molecular complexity index is 1580. The Balaban J connectivity index is 1.38. The number of nitrogens with one attached hydrogen (secondary N) is 1. The maximum absolute atomic E-state index is 14.6. The molecule has 1 heterocycles. The molecule has 3 aliphatic rings. The van der Waals surface area contributed by atoms with Crippen molar-refractivity contribution in [1.29, 1.82) is 0 Å². The van der Waals surface area contributed by atoms with E-state index in [2.05, 4.69) is 5.32 Å². The fourth-order valence-corrected chi connectivity index (χ4v) is 5.84. The van der Waals surface area contributed by atoms with Gasteiger partial charge in [-0.05, 0) is 91.5 Å². The largest absolute Gasteiger partial charge is 0.508 e. The molecule has 4 N–H and O–H groups in total. The van der Waals surface area contributed by atoms with Crippen LogP contribution in [0.4, 0.5) is 20.2 Å². The van der Waals surface area contributed by atoms with Gasteiger partial charge in [0.05, 0.1) is 23.8 Å². The standard InChI is InChI=1S/C34H34F2N4O5/c35-24-13-23(14-25(36)17-24)16-30(42)38-27(15-20-9-11-26(41)12-10-20)31(43)34(37)32(44)39(18-21-5-6-21)28-3-1-2-4-29(28)40(33(34)45)19-22-7-8-22/h1-4,9-14,17,21-22,27,41H,5-8,15-16,18-19,37H2,(H,38,42)/t27-/m0/s1. The molecule has 0 aromatic heterocycles. The smallest absolute Gasteiger partial charge is 0.264 e. The molecule has 1 atom stereocenters. The monoisotopic (exact) mass is 616 g/mol. The fraction of sp³-hybridized carbons (Fsp3) is 0.353. The van der Waals surface area contributed by atoms with Crippen LogP contribution in [0.5, 0.6) is 5.75 Å². The summed E-state index contributed by atoms with van der Waals surface area (Å²) in [6.45, 7) is 0.569. The van der Waals surface area contributed by atoms with Gasteiger partial charge in [0.2, 0.25) is 11.4 Å². The third kappa shape index (κ3) is 6.44. The molecule has 2 fully saturated rings.